The van der Waals surface area contributed by atoms with Gasteiger partial charge in [-0.3, -0.25) is 4.79 Å². The molecular weight excluding hydrogens is 256 g/mol. The molecule has 0 fully saturated rings. The summed E-state index contributed by atoms with van der Waals surface area (Å²) in [5, 5.41) is 15.0. The van der Waals surface area contributed by atoms with Crippen molar-refractivity contribution in [3.63, 3.8) is 0 Å². The van der Waals surface area contributed by atoms with Gasteiger partial charge in [0.05, 0.1) is 12.0 Å². The van der Waals surface area contributed by atoms with Gasteiger partial charge >= 0.3 is 0 Å². The van der Waals surface area contributed by atoms with E-state index < -0.39 is 0 Å². The molecule has 3 N–H and O–H groups in total. The number of carbonyl (C=O) groups is 1. The molecule has 2 atom stereocenters. The summed E-state index contributed by atoms with van der Waals surface area (Å²) in [6.07, 6.45) is 0.359. The molecule has 1 amide bonds. The largest absolute Gasteiger partial charge is 0.492 e. The molecule has 1 aliphatic rings. The van der Waals surface area contributed by atoms with Crippen molar-refractivity contribution in [3.8, 4) is 5.75 Å². The molecule has 2 unspecified atom stereocenters. The van der Waals surface area contributed by atoms with Gasteiger partial charge in [0.25, 0.3) is 0 Å². The van der Waals surface area contributed by atoms with E-state index in [4.69, 9.17) is 9.84 Å². The molecule has 20 heavy (non-hydrogen) atoms. The van der Waals surface area contributed by atoms with Gasteiger partial charge in [-0.1, -0.05) is 18.2 Å². The highest BCUT2D eigenvalue weighted by Crippen LogP contribution is 2.26. The molecule has 110 valence electrons. The minimum absolute atomic E-state index is 0.0263. The highest BCUT2D eigenvalue weighted by atomic mass is 16.5. The molecule has 1 heterocycles. The Morgan fingerprint density at radius 3 is 3.05 bits per heavy atom. The molecule has 2 rings (SSSR count). The molecule has 5 nitrogen and oxygen atoms in total. The number of benzene rings is 1. The molecule has 0 bridgehead atoms. The number of rotatable bonds is 6. The summed E-state index contributed by atoms with van der Waals surface area (Å²) in [5.74, 6) is 0.787. The first-order valence-electron chi connectivity index (χ1n) is 7.04. The van der Waals surface area contributed by atoms with Crippen LogP contribution in [0.5, 0.6) is 5.75 Å². The third-order valence-corrected chi connectivity index (χ3v) is 3.29. The molecule has 0 saturated heterocycles. The first-order valence-corrected chi connectivity index (χ1v) is 7.04. The summed E-state index contributed by atoms with van der Waals surface area (Å²) in [6.45, 7) is 3.91. The van der Waals surface area contributed by atoms with Crippen LogP contribution in [-0.4, -0.2) is 43.4 Å². The number of para-hydroxylation sites is 1. The minimum Gasteiger partial charge on any atom is -0.492 e. The van der Waals surface area contributed by atoms with E-state index in [0.717, 1.165) is 17.7 Å². The van der Waals surface area contributed by atoms with Crippen molar-refractivity contribution in [2.24, 2.45) is 5.92 Å². The van der Waals surface area contributed by atoms with Gasteiger partial charge in [-0.2, -0.15) is 0 Å². The van der Waals surface area contributed by atoms with Gasteiger partial charge in [0.15, 0.2) is 0 Å². The monoisotopic (exact) mass is 278 g/mol. The van der Waals surface area contributed by atoms with E-state index in [9.17, 15) is 4.79 Å². The SMILES string of the molecule is CC(O)CNCCNC(=O)C1COc2ccccc2C1. The second kappa shape index (κ2) is 7.26. The number of hydrogen-bond acceptors (Lipinski definition) is 4. The van der Waals surface area contributed by atoms with Crippen LogP contribution in [-0.2, 0) is 11.2 Å². The van der Waals surface area contributed by atoms with Crippen molar-refractivity contribution in [3.05, 3.63) is 29.8 Å². The molecule has 1 aliphatic heterocycles. The van der Waals surface area contributed by atoms with Gasteiger partial charge in [-0.25, -0.2) is 0 Å². The Hall–Kier alpha value is -1.59. The van der Waals surface area contributed by atoms with Crippen molar-refractivity contribution in [2.75, 3.05) is 26.2 Å². The Morgan fingerprint density at radius 2 is 2.25 bits per heavy atom. The summed E-state index contributed by atoms with van der Waals surface area (Å²) < 4.78 is 5.61. The van der Waals surface area contributed by atoms with Crippen LogP contribution >= 0.6 is 0 Å². The molecule has 0 spiro atoms. The molecule has 1 aromatic rings. The van der Waals surface area contributed by atoms with Gasteiger partial charge in [-0.15, -0.1) is 0 Å². The first-order chi connectivity index (χ1) is 9.66. The van der Waals surface area contributed by atoms with E-state index in [0.29, 0.717) is 26.2 Å². The quantitative estimate of drug-likeness (QED) is 0.656. The van der Waals surface area contributed by atoms with Crippen molar-refractivity contribution in [2.45, 2.75) is 19.4 Å². The fourth-order valence-electron chi connectivity index (χ4n) is 2.23. The number of fused-ring (bicyclic) bond motifs is 1. The molecule has 5 heteroatoms. The standard InChI is InChI=1S/C15H22N2O3/c1-11(18)9-16-6-7-17-15(19)13-8-12-4-2-3-5-14(12)20-10-13/h2-5,11,13,16,18H,6-10H2,1H3,(H,17,19). The van der Waals surface area contributed by atoms with Crippen LogP contribution in [0.25, 0.3) is 0 Å². The number of carbonyl (C=O) groups excluding carboxylic acids is 1. The number of nitrogens with one attached hydrogen (secondary N) is 2. The Morgan fingerprint density at radius 1 is 1.45 bits per heavy atom. The topological polar surface area (TPSA) is 70.6 Å². The third-order valence-electron chi connectivity index (χ3n) is 3.29. The molecule has 0 radical (unpaired) electrons. The smallest absolute Gasteiger partial charge is 0.226 e. The lowest BCUT2D eigenvalue weighted by molar-refractivity contribution is -0.126. The average Bonchev–Trinajstić information content (AvgIpc) is 2.46. The first kappa shape index (κ1) is 14.8. The maximum atomic E-state index is 12.0. The van der Waals surface area contributed by atoms with Gasteiger partial charge < -0.3 is 20.5 Å². The summed E-state index contributed by atoms with van der Waals surface area (Å²) in [4.78, 5) is 12.0. The van der Waals surface area contributed by atoms with Crippen molar-refractivity contribution in [1.29, 1.82) is 0 Å². The molecular formula is C15H22N2O3. The van der Waals surface area contributed by atoms with Gasteiger partial charge in [0.2, 0.25) is 5.91 Å². The second-order valence-corrected chi connectivity index (χ2v) is 5.16. The van der Waals surface area contributed by atoms with Crippen LogP contribution < -0.4 is 15.4 Å². The lowest BCUT2D eigenvalue weighted by atomic mass is 9.96. The Labute approximate surface area is 119 Å². The Kier molecular flexibility index (Phi) is 5.38. The zero-order valence-electron chi connectivity index (χ0n) is 11.8. The van der Waals surface area contributed by atoms with Crippen molar-refractivity contribution < 1.29 is 14.6 Å². The summed E-state index contributed by atoms with van der Waals surface area (Å²) in [5.41, 5.74) is 1.09. The summed E-state index contributed by atoms with van der Waals surface area (Å²) in [6, 6.07) is 7.83. The van der Waals surface area contributed by atoms with E-state index in [-0.39, 0.29) is 17.9 Å². The van der Waals surface area contributed by atoms with Gasteiger partial charge in [-0.05, 0) is 25.0 Å². The lowest BCUT2D eigenvalue weighted by Gasteiger charge is -2.24. The van der Waals surface area contributed by atoms with Gasteiger partial charge in [0, 0.05) is 19.6 Å². The number of hydrogen-bond donors (Lipinski definition) is 3. The fraction of sp³-hybridized carbons (Fsp3) is 0.533. The van der Waals surface area contributed by atoms with Crippen LogP contribution in [0.15, 0.2) is 24.3 Å². The third kappa shape index (κ3) is 4.21. The normalized spacial score (nSPS) is 18.8. The van der Waals surface area contributed by atoms with Crippen LogP contribution in [0.1, 0.15) is 12.5 Å². The zero-order valence-corrected chi connectivity index (χ0v) is 11.8. The van der Waals surface area contributed by atoms with Crippen LogP contribution in [0.4, 0.5) is 0 Å². The van der Waals surface area contributed by atoms with E-state index in [2.05, 4.69) is 10.6 Å². The number of aliphatic hydroxyl groups is 1. The summed E-state index contributed by atoms with van der Waals surface area (Å²) >= 11 is 0. The van der Waals surface area contributed by atoms with Crippen molar-refractivity contribution in [1.82, 2.24) is 10.6 Å². The fourth-order valence-corrected chi connectivity index (χ4v) is 2.23. The van der Waals surface area contributed by atoms with E-state index in [1.807, 2.05) is 24.3 Å². The van der Waals surface area contributed by atoms with E-state index in [1.54, 1.807) is 6.92 Å². The molecule has 0 aliphatic carbocycles. The summed E-state index contributed by atoms with van der Waals surface area (Å²) in [7, 11) is 0. The predicted octanol–water partition coefficient (Wildman–Crippen LogP) is 0.324. The molecule has 0 aromatic heterocycles. The number of ether oxygens (including phenoxy) is 1. The maximum absolute atomic E-state index is 12.0. The Balaban J connectivity index is 1.72. The molecule has 0 saturated carbocycles. The average molecular weight is 278 g/mol. The highest BCUT2D eigenvalue weighted by Gasteiger charge is 2.25. The molecule has 1 aromatic carbocycles. The van der Waals surface area contributed by atoms with Crippen LogP contribution in [0, 0.1) is 5.92 Å². The minimum atomic E-state index is -0.367. The van der Waals surface area contributed by atoms with Crippen LogP contribution in [0.3, 0.4) is 0 Å². The lowest BCUT2D eigenvalue weighted by Crippen LogP contribution is -2.40. The zero-order chi connectivity index (χ0) is 14.4. The Bertz CT molecular complexity index is 448. The predicted molar refractivity (Wildman–Crippen MR) is 76.7 cm³/mol. The number of amides is 1. The highest BCUT2D eigenvalue weighted by molar-refractivity contribution is 5.79. The van der Waals surface area contributed by atoms with Crippen LogP contribution in [0.2, 0.25) is 0 Å². The van der Waals surface area contributed by atoms with E-state index >= 15 is 0 Å². The van der Waals surface area contributed by atoms with Gasteiger partial charge in [0.1, 0.15) is 12.4 Å². The van der Waals surface area contributed by atoms with E-state index in [1.165, 1.54) is 0 Å². The number of aliphatic hydroxyl groups excluding tert-OH is 1. The van der Waals surface area contributed by atoms with Crippen molar-refractivity contribution >= 4 is 5.91 Å². The second-order valence-electron chi connectivity index (χ2n) is 5.16. The maximum Gasteiger partial charge on any atom is 0.226 e.